The Labute approximate surface area is 128 Å². The summed E-state index contributed by atoms with van der Waals surface area (Å²) in [6, 6.07) is 6.54. The molecule has 96 valence electrons. The van der Waals surface area contributed by atoms with Gasteiger partial charge >= 0.3 is 0 Å². The van der Waals surface area contributed by atoms with Crippen molar-refractivity contribution in [2.24, 2.45) is 0 Å². The van der Waals surface area contributed by atoms with E-state index in [2.05, 4.69) is 72.7 Å². The van der Waals surface area contributed by atoms with Crippen LogP contribution in [0.3, 0.4) is 0 Å². The monoisotopic (exact) mass is 388 g/mol. The van der Waals surface area contributed by atoms with E-state index in [9.17, 15) is 0 Å². The van der Waals surface area contributed by atoms with Gasteiger partial charge in [-0.15, -0.1) is 11.3 Å². The summed E-state index contributed by atoms with van der Waals surface area (Å²) in [7, 11) is 0. The number of aromatic nitrogens is 1. The minimum Gasteiger partial charge on any atom is -0.304 e. The van der Waals surface area contributed by atoms with Crippen molar-refractivity contribution in [2.45, 2.75) is 26.4 Å². The molecule has 0 aliphatic heterocycles. The van der Waals surface area contributed by atoms with Gasteiger partial charge in [0.25, 0.3) is 0 Å². The summed E-state index contributed by atoms with van der Waals surface area (Å²) in [5.41, 5.74) is 2.35. The van der Waals surface area contributed by atoms with E-state index < -0.39 is 0 Å². The van der Waals surface area contributed by atoms with Crippen LogP contribution in [0.1, 0.15) is 29.2 Å². The second-order valence-electron chi connectivity index (χ2n) is 4.15. The van der Waals surface area contributed by atoms with Gasteiger partial charge in [-0.3, -0.25) is 0 Å². The number of rotatable bonds is 4. The maximum Gasteiger partial charge on any atom is 0.107 e. The first-order valence-corrected chi connectivity index (χ1v) is 8.12. The Kier molecular flexibility index (Phi) is 4.95. The molecule has 1 unspecified atom stereocenters. The Morgan fingerprint density at radius 1 is 1.39 bits per heavy atom. The highest BCUT2D eigenvalue weighted by molar-refractivity contribution is 9.11. The fourth-order valence-electron chi connectivity index (χ4n) is 1.69. The van der Waals surface area contributed by atoms with E-state index in [1.54, 1.807) is 11.3 Å². The molecule has 5 heteroatoms. The Balaban J connectivity index is 2.01. The zero-order valence-corrected chi connectivity index (χ0v) is 14.2. The van der Waals surface area contributed by atoms with E-state index in [0.717, 1.165) is 26.2 Å². The molecule has 0 aliphatic rings. The zero-order valence-electron chi connectivity index (χ0n) is 10.2. The van der Waals surface area contributed by atoms with Crippen molar-refractivity contribution in [1.29, 1.82) is 0 Å². The molecule has 1 N–H and O–H groups in total. The van der Waals surface area contributed by atoms with Crippen LogP contribution >= 0.6 is 43.2 Å². The summed E-state index contributed by atoms with van der Waals surface area (Å²) in [5, 5.41) is 6.70. The minimum atomic E-state index is 0.289. The van der Waals surface area contributed by atoms with E-state index >= 15 is 0 Å². The van der Waals surface area contributed by atoms with Crippen molar-refractivity contribution < 1.29 is 0 Å². The average molecular weight is 390 g/mol. The van der Waals surface area contributed by atoms with Crippen LogP contribution in [-0.2, 0) is 6.54 Å². The number of hydrogen-bond acceptors (Lipinski definition) is 3. The van der Waals surface area contributed by atoms with Gasteiger partial charge in [-0.1, -0.05) is 37.9 Å². The van der Waals surface area contributed by atoms with Crippen LogP contribution < -0.4 is 5.32 Å². The van der Waals surface area contributed by atoms with E-state index in [4.69, 9.17) is 0 Å². The Morgan fingerprint density at radius 3 is 2.78 bits per heavy atom. The maximum absolute atomic E-state index is 4.45. The highest BCUT2D eigenvalue weighted by atomic mass is 79.9. The summed E-state index contributed by atoms with van der Waals surface area (Å²) >= 11 is 8.76. The third kappa shape index (κ3) is 3.63. The molecule has 0 radical (unpaired) electrons. The molecule has 1 aromatic carbocycles. The SMILES string of the molecule is Cc1csc(CNC(C)c2ccc(Br)cc2Br)n1. The number of aryl methyl sites for hydroxylation is 1. The van der Waals surface area contributed by atoms with Crippen LogP contribution in [0, 0.1) is 6.92 Å². The van der Waals surface area contributed by atoms with Gasteiger partial charge in [0.1, 0.15) is 5.01 Å². The number of thiazole rings is 1. The van der Waals surface area contributed by atoms with Gasteiger partial charge in [0.2, 0.25) is 0 Å². The third-order valence-electron chi connectivity index (χ3n) is 2.66. The smallest absolute Gasteiger partial charge is 0.107 e. The molecule has 2 rings (SSSR count). The number of nitrogens with zero attached hydrogens (tertiary/aromatic N) is 1. The van der Waals surface area contributed by atoms with Crippen LogP contribution in [0.2, 0.25) is 0 Å². The topological polar surface area (TPSA) is 24.9 Å². The van der Waals surface area contributed by atoms with Gasteiger partial charge in [-0.25, -0.2) is 4.98 Å². The summed E-state index contributed by atoms with van der Waals surface area (Å²) in [4.78, 5) is 4.45. The van der Waals surface area contributed by atoms with Gasteiger partial charge < -0.3 is 5.32 Å². The van der Waals surface area contributed by atoms with Crippen LogP contribution in [0.15, 0.2) is 32.5 Å². The van der Waals surface area contributed by atoms with Crippen LogP contribution in [-0.4, -0.2) is 4.98 Å². The predicted octanol–water partition coefficient (Wildman–Crippen LogP) is 4.83. The first-order chi connectivity index (χ1) is 8.56. The Bertz CT molecular complexity index is 540. The molecule has 18 heavy (non-hydrogen) atoms. The number of benzene rings is 1. The van der Waals surface area contributed by atoms with Crippen molar-refractivity contribution in [3.8, 4) is 0 Å². The van der Waals surface area contributed by atoms with Crippen molar-refractivity contribution in [1.82, 2.24) is 10.3 Å². The first kappa shape index (κ1) is 14.2. The summed E-state index contributed by atoms with van der Waals surface area (Å²) in [5.74, 6) is 0. The number of halogens is 2. The minimum absolute atomic E-state index is 0.289. The van der Waals surface area contributed by atoms with Gasteiger partial charge in [0.05, 0.1) is 0 Å². The quantitative estimate of drug-likeness (QED) is 0.810. The average Bonchev–Trinajstić information content (AvgIpc) is 2.72. The molecule has 0 saturated heterocycles. The predicted molar refractivity (Wildman–Crippen MR) is 83.9 cm³/mol. The Morgan fingerprint density at radius 2 is 2.17 bits per heavy atom. The third-order valence-corrected chi connectivity index (χ3v) is 4.80. The van der Waals surface area contributed by atoms with Gasteiger partial charge in [-0.2, -0.15) is 0 Å². The van der Waals surface area contributed by atoms with Crippen molar-refractivity contribution in [3.63, 3.8) is 0 Å². The van der Waals surface area contributed by atoms with Gasteiger partial charge in [0.15, 0.2) is 0 Å². The molecular formula is C13H14Br2N2S. The largest absolute Gasteiger partial charge is 0.304 e. The molecule has 0 fully saturated rings. The number of nitrogens with one attached hydrogen (secondary N) is 1. The van der Waals surface area contributed by atoms with E-state index in [0.29, 0.717) is 0 Å². The van der Waals surface area contributed by atoms with Crippen LogP contribution in [0.4, 0.5) is 0 Å². The van der Waals surface area contributed by atoms with Gasteiger partial charge in [0, 0.05) is 32.6 Å². The molecule has 0 aliphatic carbocycles. The van der Waals surface area contributed by atoms with Crippen LogP contribution in [0.5, 0.6) is 0 Å². The summed E-state index contributed by atoms with van der Waals surface area (Å²) < 4.78 is 2.20. The zero-order chi connectivity index (χ0) is 13.1. The highest BCUT2D eigenvalue weighted by Gasteiger charge is 2.10. The molecule has 2 aromatic rings. The van der Waals surface area contributed by atoms with Crippen molar-refractivity contribution in [2.75, 3.05) is 0 Å². The molecule has 1 heterocycles. The molecule has 0 amide bonds. The fraction of sp³-hybridized carbons (Fsp3) is 0.308. The summed E-state index contributed by atoms with van der Waals surface area (Å²) in [6.07, 6.45) is 0. The van der Waals surface area contributed by atoms with Crippen molar-refractivity contribution >= 4 is 43.2 Å². The van der Waals surface area contributed by atoms with Gasteiger partial charge in [-0.05, 0) is 31.5 Å². The molecule has 1 atom stereocenters. The van der Waals surface area contributed by atoms with E-state index in [1.807, 2.05) is 6.92 Å². The molecule has 0 spiro atoms. The second kappa shape index (κ2) is 6.28. The molecule has 0 saturated carbocycles. The maximum atomic E-state index is 4.45. The molecule has 0 bridgehead atoms. The van der Waals surface area contributed by atoms with Crippen molar-refractivity contribution in [3.05, 3.63) is 48.8 Å². The normalized spacial score (nSPS) is 12.7. The second-order valence-corrected chi connectivity index (χ2v) is 6.86. The number of hydrogen-bond donors (Lipinski definition) is 1. The van der Waals surface area contributed by atoms with Crippen LogP contribution in [0.25, 0.3) is 0 Å². The lowest BCUT2D eigenvalue weighted by Gasteiger charge is -2.15. The summed E-state index contributed by atoms with van der Waals surface area (Å²) in [6.45, 7) is 4.99. The van der Waals surface area contributed by atoms with E-state index in [1.165, 1.54) is 5.56 Å². The van der Waals surface area contributed by atoms with E-state index in [-0.39, 0.29) is 6.04 Å². The lowest BCUT2D eigenvalue weighted by molar-refractivity contribution is 0.571. The standard InChI is InChI=1S/C13H14Br2N2S/c1-8-7-18-13(17-8)6-16-9(2)11-4-3-10(14)5-12(11)15/h3-5,7,9,16H,6H2,1-2H3. The first-order valence-electron chi connectivity index (χ1n) is 5.65. The Hall–Kier alpha value is -0.230. The fourth-order valence-corrected chi connectivity index (χ4v) is 3.80. The molecule has 1 aromatic heterocycles. The lowest BCUT2D eigenvalue weighted by atomic mass is 10.1. The lowest BCUT2D eigenvalue weighted by Crippen LogP contribution is -2.18. The highest BCUT2D eigenvalue weighted by Crippen LogP contribution is 2.27. The molecule has 2 nitrogen and oxygen atoms in total. The molecular weight excluding hydrogens is 376 g/mol.